The number of methoxy groups -OCH3 is 2. The van der Waals surface area contributed by atoms with Crippen LogP contribution in [-0.2, 0) is 31.9 Å². The molecule has 0 fully saturated rings. The highest BCUT2D eigenvalue weighted by Crippen LogP contribution is 2.31. The second kappa shape index (κ2) is 11.1. The minimum absolute atomic E-state index is 0.248. The molecule has 0 saturated carbocycles. The third-order valence-electron chi connectivity index (χ3n) is 3.96. The summed E-state index contributed by atoms with van der Waals surface area (Å²) in [6, 6.07) is 14.4. The number of carbonyl (C=O) groups excluding carboxylic acids is 2. The van der Waals surface area contributed by atoms with E-state index in [2.05, 4.69) is 9.47 Å². The molecule has 0 aliphatic carbocycles. The normalized spacial score (nSPS) is 10.4. The van der Waals surface area contributed by atoms with E-state index < -0.39 is 8.17 Å². The van der Waals surface area contributed by atoms with E-state index in [9.17, 15) is 9.59 Å². The first kappa shape index (κ1) is 21.5. The Kier molecular flexibility index (Phi) is 8.56. The van der Waals surface area contributed by atoms with Gasteiger partial charge in [-0.05, 0) is 48.2 Å². The molecule has 2 rings (SSSR count). The number of ether oxygens (including phenoxy) is 2. The number of esters is 2. The molecule has 2 aromatic rings. The zero-order valence-electron chi connectivity index (χ0n) is 15.9. The quantitative estimate of drug-likeness (QED) is 0.471. The summed E-state index contributed by atoms with van der Waals surface area (Å²) >= 11 is 0. The fourth-order valence-electron chi connectivity index (χ4n) is 2.38. The molecule has 0 aliphatic heterocycles. The van der Waals surface area contributed by atoms with Crippen molar-refractivity contribution in [3.8, 4) is 11.5 Å². The van der Waals surface area contributed by atoms with E-state index in [4.69, 9.17) is 14.2 Å². The topological polar surface area (TPSA) is 94.9 Å². The summed E-state index contributed by atoms with van der Waals surface area (Å²) in [6.07, 6.45) is 1.82. The highest BCUT2D eigenvalue weighted by atomic mass is 31.1. The Morgan fingerprint density at radius 2 is 1.11 bits per heavy atom. The van der Waals surface area contributed by atoms with Crippen LogP contribution >= 0.6 is 8.17 Å². The molecule has 1 N–H and O–H groups in total. The van der Waals surface area contributed by atoms with Gasteiger partial charge in [0.15, 0.2) is 0 Å². The van der Waals surface area contributed by atoms with E-state index in [0.29, 0.717) is 37.2 Å². The Morgan fingerprint density at radius 1 is 0.750 bits per heavy atom. The summed E-state index contributed by atoms with van der Waals surface area (Å²) in [4.78, 5) is 22.3. The average Bonchev–Trinajstić information content (AvgIpc) is 2.72. The maximum Gasteiger partial charge on any atom is 0.305 e. The lowest BCUT2D eigenvalue weighted by molar-refractivity contribution is -0.141. The van der Waals surface area contributed by atoms with Crippen LogP contribution in [0.25, 0.3) is 0 Å². The molecular weight excluding hydrogens is 381 g/mol. The second-order valence-corrected chi connectivity index (χ2v) is 6.91. The Balaban J connectivity index is 1.81. The third kappa shape index (κ3) is 7.45. The van der Waals surface area contributed by atoms with Crippen LogP contribution in [0.5, 0.6) is 11.5 Å². The van der Waals surface area contributed by atoms with E-state index >= 15 is 0 Å². The van der Waals surface area contributed by atoms with Gasteiger partial charge in [-0.1, -0.05) is 24.3 Å². The van der Waals surface area contributed by atoms with Crippen molar-refractivity contribution in [3.63, 3.8) is 0 Å². The van der Waals surface area contributed by atoms with Crippen molar-refractivity contribution in [3.05, 3.63) is 59.7 Å². The van der Waals surface area contributed by atoms with E-state index in [1.165, 1.54) is 14.2 Å². The van der Waals surface area contributed by atoms with E-state index in [1.54, 1.807) is 24.3 Å². The van der Waals surface area contributed by atoms with Gasteiger partial charge in [-0.15, -0.1) is 0 Å². The van der Waals surface area contributed by atoms with Gasteiger partial charge in [0.25, 0.3) is 8.17 Å². The molecule has 0 heterocycles. The fourth-order valence-corrected chi connectivity index (χ4v) is 3.12. The van der Waals surface area contributed by atoms with Crippen LogP contribution in [0, 0.1) is 5.16 Å². The summed E-state index contributed by atoms with van der Waals surface area (Å²) in [5.74, 6) is 0.587. The first-order chi connectivity index (χ1) is 13.5. The highest BCUT2D eigenvalue weighted by Gasteiger charge is 2.05. The molecule has 0 bridgehead atoms. The highest BCUT2D eigenvalue weighted by molar-refractivity contribution is 7.35. The van der Waals surface area contributed by atoms with Gasteiger partial charge in [0.2, 0.25) is 0 Å². The Labute approximate surface area is 165 Å². The first-order valence-corrected chi connectivity index (χ1v) is 10.1. The van der Waals surface area contributed by atoms with E-state index in [1.807, 2.05) is 24.3 Å². The molecular formula is C20H24NO6P. The number of rotatable bonds is 10. The molecule has 0 radical (unpaired) electrons. The molecule has 0 aliphatic rings. The SMILES string of the molecule is COC(=O)CCc1ccc(O[PH](=N)Oc2ccc(CCC(=O)OC)cc2)cc1. The van der Waals surface area contributed by atoms with Gasteiger partial charge < -0.3 is 18.5 Å². The molecule has 0 saturated heterocycles. The molecule has 7 nitrogen and oxygen atoms in total. The zero-order valence-corrected chi connectivity index (χ0v) is 16.9. The number of benzene rings is 2. The average molecular weight is 405 g/mol. The van der Waals surface area contributed by atoms with Crippen LogP contribution in [-0.4, -0.2) is 26.2 Å². The molecule has 28 heavy (non-hydrogen) atoms. The van der Waals surface area contributed by atoms with Crippen molar-refractivity contribution in [1.82, 2.24) is 0 Å². The minimum Gasteiger partial charge on any atom is -0.469 e. The van der Waals surface area contributed by atoms with Gasteiger partial charge in [-0.3, -0.25) is 14.8 Å². The van der Waals surface area contributed by atoms with Crippen molar-refractivity contribution < 1.29 is 28.1 Å². The summed E-state index contributed by atoms with van der Waals surface area (Å²) < 4.78 is 20.3. The Bertz CT molecular complexity index is 737. The molecule has 150 valence electrons. The summed E-state index contributed by atoms with van der Waals surface area (Å²) in [7, 11) is 0.460. The zero-order chi connectivity index (χ0) is 20.4. The largest absolute Gasteiger partial charge is 0.469 e. The maximum atomic E-state index is 11.2. The first-order valence-electron chi connectivity index (χ1n) is 8.76. The predicted molar refractivity (Wildman–Crippen MR) is 106 cm³/mol. The standard InChI is InChI=1S/C20H24NO6P/c1-24-19(22)13-7-15-3-9-17(10-4-15)26-28(21)27-18-11-5-16(6-12-18)8-14-20(23)25-2/h3-6,9-12,21,28H,7-8,13-14H2,1-2H3. The van der Waals surface area contributed by atoms with Gasteiger partial charge in [0.1, 0.15) is 11.5 Å². The lowest BCUT2D eigenvalue weighted by Gasteiger charge is -2.11. The van der Waals surface area contributed by atoms with Crippen LogP contribution in [0.15, 0.2) is 48.5 Å². The predicted octanol–water partition coefficient (Wildman–Crippen LogP) is 4.16. The molecule has 0 atom stereocenters. The van der Waals surface area contributed by atoms with Crippen LogP contribution in [0.1, 0.15) is 24.0 Å². The number of hydrogen-bond acceptors (Lipinski definition) is 7. The number of nitrogens with one attached hydrogen (secondary N) is 1. The molecule has 2 aromatic carbocycles. The van der Waals surface area contributed by atoms with Crippen molar-refractivity contribution in [1.29, 1.82) is 5.16 Å². The minimum atomic E-state index is -2.28. The summed E-state index contributed by atoms with van der Waals surface area (Å²) in [5.41, 5.74) is 1.97. The number of aryl methyl sites for hydroxylation is 2. The van der Waals surface area contributed by atoms with Crippen LogP contribution in [0.2, 0.25) is 0 Å². The van der Waals surface area contributed by atoms with Crippen molar-refractivity contribution in [2.75, 3.05) is 14.2 Å². The van der Waals surface area contributed by atoms with Crippen molar-refractivity contribution in [2.24, 2.45) is 0 Å². The Hall–Kier alpha value is -2.79. The second-order valence-electron chi connectivity index (χ2n) is 5.93. The van der Waals surface area contributed by atoms with Crippen LogP contribution < -0.4 is 9.05 Å². The summed E-state index contributed by atoms with van der Waals surface area (Å²) in [5, 5.41) is 8.01. The third-order valence-corrected chi connectivity index (χ3v) is 4.80. The fraction of sp³-hybridized carbons (Fsp3) is 0.300. The van der Waals surface area contributed by atoms with Gasteiger partial charge in [0.05, 0.1) is 14.2 Å². The summed E-state index contributed by atoms with van der Waals surface area (Å²) in [6.45, 7) is 0. The maximum absolute atomic E-state index is 11.2. The van der Waals surface area contributed by atoms with E-state index in [-0.39, 0.29) is 11.9 Å². The molecule has 0 unspecified atom stereocenters. The van der Waals surface area contributed by atoms with E-state index in [0.717, 1.165) is 11.1 Å². The Morgan fingerprint density at radius 3 is 1.43 bits per heavy atom. The molecule has 8 heteroatoms. The van der Waals surface area contributed by atoms with Gasteiger partial charge in [-0.2, -0.15) is 0 Å². The van der Waals surface area contributed by atoms with Gasteiger partial charge in [-0.25, -0.2) is 0 Å². The lowest BCUT2D eigenvalue weighted by Crippen LogP contribution is -2.01. The van der Waals surface area contributed by atoms with Gasteiger partial charge in [0, 0.05) is 12.8 Å². The molecule has 0 aromatic heterocycles. The van der Waals surface area contributed by atoms with Crippen molar-refractivity contribution >= 4 is 20.1 Å². The van der Waals surface area contributed by atoms with Crippen LogP contribution in [0.4, 0.5) is 0 Å². The smallest absolute Gasteiger partial charge is 0.305 e. The van der Waals surface area contributed by atoms with Crippen LogP contribution in [0.3, 0.4) is 0 Å². The monoisotopic (exact) mass is 405 g/mol. The number of carbonyl (C=O) groups is 2. The van der Waals surface area contributed by atoms with Gasteiger partial charge >= 0.3 is 11.9 Å². The lowest BCUT2D eigenvalue weighted by atomic mass is 10.1. The van der Waals surface area contributed by atoms with Crippen molar-refractivity contribution in [2.45, 2.75) is 25.7 Å². The number of hydrogen-bond donors (Lipinski definition) is 1. The molecule has 0 spiro atoms. The molecule has 0 amide bonds.